The van der Waals surface area contributed by atoms with Crippen molar-refractivity contribution in [1.82, 2.24) is 5.43 Å². The quantitative estimate of drug-likeness (QED) is 0.183. The number of benzene rings is 3. The van der Waals surface area contributed by atoms with Crippen molar-refractivity contribution in [2.45, 2.75) is 20.0 Å². The number of hydrogen-bond donors (Lipinski definition) is 1. The Kier molecular flexibility index (Phi) is 9.17. The number of ether oxygens (including phenoxy) is 2. The Balaban J connectivity index is 1.65. The van der Waals surface area contributed by atoms with Crippen molar-refractivity contribution >= 4 is 49.7 Å². The number of nitro groups is 1. The molecule has 0 saturated carbocycles. The third-order valence-corrected chi connectivity index (χ3v) is 5.66. The molecule has 8 nitrogen and oxygen atoms in total. The summed E-state index contributed by atoms with van der Waals surface area (Å²) in [6, 6.07) is 17.2. The predicted octanol–water partition coefficient (Wildman–Crippen LogP) is 5.79. The van der Waals surface area contributed by atoms with Gasteiger partial charge < -0.3 is 9.47 Å². The molecule has 1 N–H and O–H groups in total. The molecular formula is C24H21Br2N3O5. The number of non-ortho nitro benzene ring substituents is 1. The molecule has 0 aromatic heterocycles. The SMILES string of the molecule is CCOc1cc(/C=N/NC(=O)Cc2ccc(Br)cc2)cc(Br)c1OCc1ccc([N+](=O)[O-])cc1. The Bertz CT molecular complexity index is 1180. The van der Waals surface area contributed by atoms with Gasteiger partial charge in [0.1, 0.15) is 6.61 Å². The van der Waals surface area contributed by atoms with Crippen LogP contribution in [-0.2, 0) is 17.8 Å². The van der Waals surface area contributed by atoms with E-state index in [1.165, 1.54) is 18.3 Å². The second-order valence-electron chi connectivity index (χ2n) is 7.07. The van der Waals surface area contributed by atoms with Gasteiger partial charge in [-0.25, -0.2) is 5.43 Å². The summed E-state index contributed by atoms with van der Waals surface area (Å²) in [7, 11) is 0. The molecule has 3 aromatic carbocycles. The first-order valence-electron chi connectivity index (χ1n) is 10.2. The molecule has 0 aliphatic heterocycles. The van der Waals surface area contributed by atoms with Crippen LogP contribution in [-0.4, -0.2) is 23.7 Å². The predicted molar refractivity (Wildman–Crippen MR) is 136 cm³/mol. The zero-order valence-corrected chi connectivity index (χ0v) is 21.3. The molecule has 0 unspecified atom stereocenters. The highest BCUT2D eigenvalue weighted by atomic mass is 79.9. The monoisotopic (exact) mass is 589 g/mol. The fraction of sp³-hybridized carbons (Fsp3) is 0.167. The maximum Gasteiger partial charge on any atom is 0.269 e. The molecule has 3 rings (SSSR count). The van der Waals surface area contributed by atoms with Gasteiger partial charge in [0.05, 0.1) is 28.6 Å². The van der Waals surface area contributed by atoms with Crippen molar-refractivity contribution in [2.24, 2.45) is 5.10 Å². The van der Waals surface area contributed by atoms with Crippen LogP contribution in [0, 0.1) is 10.1 Å². The summed E-state index contributed by atoms with van der Waals surface area (Å²) in [6.07, 6.45) is 1.74. The molecule has 0 atom stereocenters. The summed E-state index contributed by atoms with van der Waals surface area (Å²) in [5.74, 6) is 0.767. The van der Waals surface area contributed by atoms with E-state index < -0.39 is 4.92 Å². The Hall–Kier alpha value is -3.24. The van der Waals surface area contributed by atoms with Crippen LogP contribution in [0.2, 0.25) is 0 Å². The number of nitro benzene ring substituents is 1. The molecule has 34 heavy (non-hydrogen) atoms. The van der Waals surface area contributed by atoms with Gasteiger partial charge in [-0.1, -0.05) is 28.1 Å². The average Bonchev–Trinajstić information content (AvgIpc) is 2.80. The Morgan fingerprint density at radius 3 is 2.38 bits per heavy atom. The lowest BCUT2D eigenvalue weighted by Gasteiger charge is -2.14. The molecular weight excluding hydrogens is 570 g/mol. The summed E-state index contributed by atoms with van der Waals surface area (Å²) < 4.78 is 13.2. The number of carbonyl (C=O) groups excluding carboxylic acids is 1. The highest BCUT2D eigenvalue weighted by Crippen LogP contribution is 2.37. The van der Waals surface area contributed by atoms with E-state index in [0.29, 0.717) is 28.1 Å². The van der Waals surface area contributed by atoms with Crippen molar-refractivity contribution in [3.63, 3.8) is 0 Å². The molecule has 3 aromatic rings. The van der Waals surface area contributed by atoms with Gasteiger partial charge in [-0.05, 0) is 75.9 Å². The number of carbonyl (C=O) groups is 1. The van der Waals surface area contributed by atoms with Crippen molar-refractivity contribution in [1.29, 1.82) is 0 Å². The summed E-state index contributed by atoms with van der Waals surface area (Å²) in [5, 5.41) is 14.8. The van der Waals surface area contributed by atoms with E-state index in [1.807, 2.05) is 31.2 Å². The molecule has 0 heterocycles. The van der Waals surface area contributed by atoms with E-state index in [0.717, 1.165) is 15.6 Å². The standard InChI is InChI=1S/C24H21Br2N3O5/c1-2-33-22-12-18(14-27-28-23(30)13-16-3-7-19(25)8-4-16)11-21(26)24(22)34-15-17-5-9-20(10-6-17)29(31)32/h3-12,14H,2,13,15H2,1H3,(H,28,30)/b27-14+. The van der Waals surface area contributed by atoms with Crippen LogP contribution < -0.4 is 14.9 Å². The molecule has 0 fully saturated rings. The van der Waals surface area contributed by atoms with Crippen LogP contribution in [0.3, 0.4) is 0 Å². The third kappa shape index (κ3) is 7.39. The van der Waals surface area contributed by atoms with E-state index >= 15 is 0 Å². The number of nitrogens with one attached hydrogen (secondary N) is 1. The number of amides is 1. The minimum atomic E-state index is -0.447. The maximum atomic E-state index is 12.1. The van der Waals surface area contributed by atoms with Crippen LogP contribution in [0.15, 0.2) is 74.7 Å². The highest BCUT2D eigenvalue weighted by molar-refractivity contribution is 9.10. The number of nitrogens with zero attached hydrogens (tertiary/aromatic N) is 2. The second kappa shape index (κ2) is 12.3. The fourth-order valence-electron chi connectivity index (χ4n) is 2.94. The normalized spacial score (nSPS) is 10.8. The second-order valence-corrected chi connectivity index (χ2v) is 8.84. The van der Waals surface area contributed by atoms with Crippen molar-refractivity contribution in [3.05, 3.63) is 96.4 Å². The Labute approximate surface area is 213 Å². The van der Waals surface area contributed by atoms with Crippen LogP contribution in [0.5, 0.6) is 11.5 Å². The molecule has 0 aliphatic carbocycles. The molecule has 1 amide bonds. The lowest BCUT2D eigenvalue weighted by molar-refractivity contribution is -0.384. The van der Waals surface area contributed by atoms with Crippen molar-refractivity contribution in [3.8, 4) is 11.5 Å². The van der Waals surface area contributed by atoms with Crippen molar-refractivity contribution in [2.75, 3.05) is 6.61 Å². The molecule has 0 spiro atoms. The van der Waals surface area contributed by atoms with E-state index in [2.05, 4.69) is 42.4 Å². The van der Waals surface area contributed by atoms with Crippen LogP contribution in [0.1, 0.15) is 23.6 Å². The van der Waals surface area contributed by atoms with Gasteiger partial charge in [0.2, 0.25) is 5.91 Å². The van der Waals surface area contributed by atoms with Gasteiger partial charge >= 0.3 is 0 Å². The van der Waals surface area contributed by atoms with Gasteiger partial charge in [-0.15, -0.1) is 0 Å². The van der Waals surface area contributed by atoms with E-state index in [4.69, 9.17) is 9.47 Å². The fourth-order valence-corrected chi connectivity index (χ4v) is 3.78. The lowest BCUT2D eigenvalue weighted by atomic mass is 10.1. The van der Waals surface area contributed by atoms with Gasteiger partial charge in [0.25, 0.3) is 5.69 Å². The summed E-state index contributed by atoms with van der Waals surface area (Å²) in [6.45, 7) is 2.48. The lowest BCUT2D eigenvalue weighted by Crippen LogP contribution is -2.19. The smallest absolute Gasteiger partial charge is 0.269 e. The minimum absolute atomic E-state index is 0.0208. The van der Waals surface area contributed by atoms with E-state index in [9.17, 15) is 14.9 Å². The minimum Gasteiger partial charge on any atom is -0.490 e. The number of hydrogen-bond acceptors (Lipinski definition) is 6. The highest BCUT2D eigenvalue weighted by Gasteiger charge is 2.13. The first-order valence-corrected chi connectivity index (χ1v) is 11.8. The summed E-state index contributed by atoms with van der Waals surface area (Å²) >= 11 is 6.86. The number of hydrazone groups is 1. The van der Waals surface area contributed by atoms with Crippen LogP contribution >= 0.6 is 31.9 Å². The molecule has 176 valence electrons. The van der Waals surface area contributed by atoms with E-state index in [-0.39, 0.29) is 24.6 Å². The Morgan fingerprint density at radius 1 is 1.06 bits per heavy atom. The molecule has 0 radical (unpaired) electrons. The van der Waals surface area contributed by atoms with Gasteiger partial charge in [0.15, 0.2) is 11.5 Å². The van der Waals surface area contributed by atoms with Crippen molar-refractivity contribution < 1.29 is 19.2 Å². The summed E-state index contributed by atoms with van der Waals surface area (Å²) in [4.78, 5) is 22.5. The van der Waals surface area contributed by atoms with Gasteiger partial charge in [0, 0.05) is 16.6 Å². The maximum absolute atomic E-state index is 12.1. The Morgan fingerprint density at radius 2 is 1.74 bits per heavy atom. The van der Waals surface area contributed by atoms with Gasteiger partial charge in [-0.3, -0.25) is 14.9 Å². The average molecular weight is 591 g/mol. The molecule has 10 heteroatoms. The third-order valence-electron chi connectivity index (χ3n) is 4.54. The topological polar surface area (TPSA) is 103 Å². The zero-order chi connectivity index (χ0) is 24.5. The summed E-state index contributed by atoms with van der Waals surface area (Å²) in [5.41, 5.74) is 4.90. The van der Waals surface area contributed by atoms with Crippen LogP contribution in [0.4, 0.5) is 5.69 Å². The number of rotatable bonds is 10. The van der Waals surface area contributed by atoms with Gasteiger partial charge in [-0.2, -0.15) is 5.10 Å². The number of halogens is 2. The first-order chi connectivity index (χ1) is 16.4. The van der Waals surface area contributed by atoms with Crippen LogP contribution in [0.25, 0.3) is 0 Å². The molecule has 0 bridgehead atoms. The largest absolute Gasteiger partial charge is 0.490 e. The molecule has 0 saturated heterocycles. The molecule has 0 aliphatic rings. The van der Waals surface area contributed by atoms with E-state index in [1.54, 1.807) is 24.3 Å². The zero-order valence-electron chi connectivity index (χ0n) is 18.2. The first kappa shape index (κ1) is 25.4.